The molecule has 26 heavy (non-hydrogen) atoms. The van der Waals surface area contributed by atoms with Crippen molar-refractivity contribution in [1.29, 1.82) is 0 Å². The highest BCUT2D eigenvalue weighted by Crippen LogP contribution is 2.30. The molecule has 0 spiro atoms. The molecule has 1 aromatic heterocycles. The summed E-state index contributed by atoms with van der Waals surface area (Å²) >= 11 is 1.52. The van der Waals surface area contributed by atoms with Gasteiger partial charge in [0.2, 0.25) is 5.91 Å². The van der Waals surface area contributed by atoms with E-state index in [9.17, 15) is 13.2 Å². The van der Waals surface area contributed by atoms with Crippen molar-refractivity contribution in [3.8, 4) is 10.6 Å². The van der Waals surface area contributed by atoms with Crippen molar-refractivity contribution in [2.75, 3.05) is 16.7 Å². The Kier molecular flexibility index (Phi) is 4.01. The third-order valence-corrected chi connectivity index (χ3v) is 6.46. The van der Waals surface area contributed by atoms with Gasteiger partial charge in [0, 0.05) is 35.6 Å². The van der Waals surface area contributed by atoms with Gasteiger partial charge in [-0.15, -0.1) is 11.3 Å². The zero-order chi connectivity index (χ0) is 18.3. The van der Waals surface area contributed by atoms with E-state index < -0.39 is 10.0 Å². The van der Waals surface area contributed by atoms with Crippen LogP contribution in [0.15, 0.2) is 58.9 Å². The number of nitrogens with zero attached hydrogens (tertiary/aromatic N) is 2. The van der Waals surface area contributed by atoms with Gasteiger partial charge in [-0.05, 0) is 48.0 Å². The molecule has 4 rings (SSSR count). The average Bonchev–Trinajstić information content (AvgIpc) is 3.24. The summed E-state index contributed by atoms with van der Waals surface area (Å²) < 4.78 is 27.9. The number of amides is 1. The molecule has 2 heterocycles. The van der Waals surface area contributed by atoms with Gasteiger partial charge < -0.3 is 4.90 Å². The number of hydrogen-bond donors (Lipinski definition) is 1. The van der Waals surface area contributed by atoms with Crippen molar-refractivity contribution in [3.05, 3.63) is 59.6 Å². The first kappa shape index (κ1) is 16.7. The van der Waals surface area contributed by atoms with Crippen molar-refractivity contribution >= 4 is 38.6 Å². The lowest BCUT2D eigenvalue weighted by Gasteiger charge is -2.12. The first-order valence-electron chi connectivity index (χ1n) is 7.86. The van der Waals surface area contributed by atoms with Crippen LogP contribution < -0.4 is 9.62 Å². The molecule has 1 aliphatic heterocycles. The van der Waals surface area contributed by atoms with Crippen LogP contribution in [0.3, 0.4) is 0 Å². The number of anilines is 2. The summed E-state index contributed by atoms with van der Waals surface area (Å²) in [5.41, 5.74) is 2.88. The molecule has 132 valence electrons. The fourth-order valence-corrected chi connectivity index (χ4v) is 4.63. The van der Waals surface area contributed by atoms with Crippen molar-refractivity contribution in [2.24, 2.45) is 0 Å². The number of carbonyl (C=O) groups is 1. The minimum absolute atomic E-state index is 0.0414. The predicted octanol–water partition coefficient (Wildman–Crippen LogP) is 3.13. The summed E-state index contributed by atoms with van der Waals surface area (Å²) in [6.07, 6.45) is 1.95. The minimum atomic E-state index is -3.73. The molecule has 0 aliphatic carbocycles. The van der Waals surface area contributed by atoms with Crippen LogP contribution in [0.2, 0.25) is 0 Å². The summed E-state index contributed by atoms with van der Waals surface area (Å²) in [5.74, 6) is -0.0414. The second kappa shape index (κ2) is 6.22. The largest absolute Gasteiger partial charge is 0.315 e. The maximum absolute atomic E-state index is 12.7. The normalized spacial score (nSPS) is 13.7. The van der Waals surface area contributed by atoms with E-state index in [1.807, 2.05) is 17.5 Å². The van der Waals surface area contributed by atoms with Gasteiger partial charge in [-0.2, -0.15) is 0 Å². The first-order chi connectivity index (χ1) is 12.4. The molecular formula is C18H15N3O3S2. The van der Waals surface area contributed by atoms with Gasteiger partial charge in [-0.1, -0.05) is 0 Å². The highest BCUT2D eigenvalue weighted by molar-refractivity contribution is 7.92. The molecule has 8 heteroatoms. The molecule has 0 fully saturated rings. The van der Waals surface area contributed by atoms with Crippen molar-refractivity contribution in [1.82, 2.24) is 4.98 Å². The van der Waals surface area contributed by atoms with E-state index in [1.165, 1.54) is 22.3 Å². The average molecular weight is 385 g/mol. The van der Waals surface area contributed by atoms with Crippen molar-refractivity contribution < 1.29 is 13.2 Å². The van der Waals surface area contributed by atoms with Crippen LogP contribution >= 0.6 is 11.3 Å². The fourth-order valence-electron chi connectivity index (χ4n) is 2.87. The molecule has 6 nitrogen and oxygen atoms in total. The molecule has 0 bridgehead atoms. The molecule has 0 unspecified atom stereocenters. The van der Waals surface area contributed by atoms with Crippen LogP contribution in [0.1, 0.15) is 5.56 Å². The molecule has 1 N–H and O–H groups in total. The molecular weight excluding hydrogens is 370 g/mol. The summed E-state index contributed by atoms with van der Waals surface area (Å²) in [4.78, 5) is 17.7. The molecule has 0 saturated carbocycles. The number of nitrogens with one attached hydrogen (secondary N) is 1. The molecule has 1 amide bonds. The van der Waals surface area contributed by atoms with Gasteiger partial charge in [0.15, 0.2) is 0 Å². The second-order valence-corrected chi connectivity index (χ2v) is 8.52. The predicted molar refractivity (Wildman–Crippen MR) is 102 cm³/mol. The van der Waals surface area contributed by atoms with Gasteiger partial charge in [-0.3, -0.25) is 9.52 Å². The van der Waals surface area contributed by atoms with Crippen molar-refractivity contribution in [2.45, 2.75) is 11.3 Å². The fraction of sp³-hybridized carbons (Fsp3) is 0.111. The van der Waals surface area contributed by atoms with E-state index in [0.717, 1.165) is 21.8 Å². The van der Waals surface area contributed by atoms with Gasteiger partial charge in [-0.25, -0.2) is 13.4 Å². The van der Waals surface area contributed by atoms with Crippen LogP contribution in [-0.2, 0) is 21.2 Å². The third kappa shape index (κ3) is 2.97. The number of hydrogen-bond acceptors (Lipinski definition) is 5. The van der Waals surface area contributed by atoms with Gasteiger partial charge >= 0.3 is 0 Å². The molecule has 1 aliphatic rings. The number of aromatic nitrogens is 1. The lowest BCUT2D eigenvalue weighted by molar-refractivity contribution is -0.117. The van der Waals surface area contributed by atoms with Crippen LogP contribution in [-0.4, -0.2) is 26.4 Å². The Morgan fingerprint density at radius 3 is 2.62 bits per heavy atom. The summed E-state index contributed by atoms with van der Waals surface area (Å²) in [6.45, 7) is 0. The van der Waals surface area contributed by atoms with Gasteiger partial charge in [0.1, 0.15) is 5.01 Å². The van der Waals surface area contributed by atoms with Crippen LogP contribution in [0.25, 0.3) is 10.6 Å². The van der Waals surface area contributed by atoms with E-state index in [2.05, 4.69) is 9.71 Å². The van der Waals surface area contributed by atoms with E-state index in [0.29, 0.717) is 5.69 Å². The topological polar surface area (TPSA) is 79.4 Å². The number of sulfonamides is 1. The SMILES string of the molecule is CN1C(=O)Cc2cc(S(=O)(=O)Nc3ccc(-c4nccs4)cc3)ccc21. The second-order valence-electron chi connectivity index (χ2n) is 5.94. The van der Waals surface area contributed by atoms with Crippen LogP contribution in [0.4, 0.5) is 11.4 Å². The maximum atomic E-state index is 12.7. The number of carbonyl (C=O) groups excluding carboxylic acids is 1. The molecule has 0 saturated heterocycles. The zero-order valence-electron chi connectivity index (χ0n) is 13.8. The summed E-state index contributed by atoms with van der Waals surface area (Å²) in [5, 5.41) is 2.77. The molecule has 2 aromatic carbocycles. The number of likely N-dealkylation sites (N-methyl/N-ethyl adjacent to an activating group) is 1. The number of fused-ring (bicyclic) bond motifs is 1. The highest BCUT2D eigenvalue weighted by Gasteiger charge is 2.26. The van der Waals surface area contributed by atoms with Crippen molar-refractivity contribution in [3.63, 3.8) is 0 Å². The summed E-state index contributed by atoms with van der Waals surface area (Å²) in [7, 11) is -2.04. The smallest absolute Gasteiger partial charge is 0.261 e. The molecule has 0 atom stereocenters. The Morgan fingerprint density at radius 2 is 1.92 bits per heavy atom. The maximum Gasteiger partial charge on any atom is 0.261 e. The zero-order valence-corrected chi connectivity index (χ0v) is 15.5. The Bertz CT molecular complexity index is 1080. The van der Waals surface area contributed by atoms with Gasteiger partial charge in [0.05, 0.1) is 11.3 Å². The third-order valence-electron chi connectivity index (χ3n) is 4.25. The Hall–Kier alpha value is -2.71. The number of rotatable bonds is 4. The van der Waals surface area contributed by atoms with Crippen LogP contribution in [0.5, 0.6) is 0 Å². The highest BCUT2D eigenvalue weighted by atomic mass is 32.2. The first-order valence-corrected chi connectivity index (χ1v) is 10.2. The number of benzene rings is 2. The standard InChI is InChI=1S/C18H15N3O3S2/c1-21-16-7-6-15(10-13(16)11-17(21)22)26(23,24)20-14-4-2-12(3-5-14)18-19-8-9-25-18/h2-10,20H,11H2,1H3. The van der Waals surface area contributed by atoms with E-state index in [4.69, 9.17) is 0 Å². The quantitative estimate of drug-likeness (QED) is 0.748. The van der Waals surface area contributed by atoms with Crippen LogP contribution in [0, 0.1) is 0 Å². The van der Waals surface area contributed by atoms with Gasteiger partial charge in [0.25, 0.3) is 10.0 Å². The molecule has 3 aromatic rings. The minimum Gasteiger partial charge on any atom is -0.315 e. The molecule has 0 radical (unpaired) electrons. The lowest BCUT2D eigenvalue weighted by Crippen LogP contribution is -2.20. The Balaban J connectivity index is 1.58. The van der Waals surface area contributed by atoms with E-state index in [1.54, 1.807) is 37.5 Å². The summed E-state index contributed by atoms with van der Waals surface area (Å²) in [6, 6.07) is 11.8. The number of thiazole rings is 1. The Morgan fingerprint density at radius 1 is 1.15 bits per heavy atom. The van der Waals surface area contributed by atoms with E-state index in [-0.39, 0.29) is 17.2 Å². The van der Waals surface area contributed by atoms with E-state index >= 15 is 0 Å². The lowest BCUT2D eigenvalue weighted by atomic mass is 10.2. The monoisotopic (exact) mass is 385 g/mol. The Labute approximate surface area is 155 Å².